The van der Waals surface area contributed by atoms with Crippen LogP contribution in [0.15, 0.2) is 101 Å². The molecular formula is C32H28ClN3O5S3. The third-order valence-corrected chi connectivity index (χ3v) is 12.6. The zero-order valence-corrected chi connectivity index (χ0v) is 27.0. The number of hydrogen-bond acceptors (Lipinski definition) is 6. The van der Waals surface area contributed by atoms with Crippen LogP contribution in [0.1, 0.15) is 27.7 Å². The zero-order chi connectivity index (χ0) is 31.2. The molecule has 8 nitrogen and oxygen atoms in total. The van der Waals surface area contributed by atoms with Crippen molar-refractivity contribution in [3.8, 4) is 0 Å². The highest BCUT2D eigenvalue weighted by Crippen LogP contribution is 2.36. The van der Waals surface area contributed by atoms with E-state index < -0.39 is 20.0 Å². The molecule has 4 aromatic carbocycles. The first kappa shape index (κ1) is 30.1. The smallest absolute Gasteiger partial charge is 0.265 e. The Morgan fingerprint density at radius 2 is 1.61 bits per heavy atom. The molecule has 12 heteroatoms. The molecule has 0 aliphatic carbocycles. The number of rotatable bonds is 8. The first-order valence-electron chi connectivity index (χ1n) is 13.8. The van der Waals surface area contributed by atoms with Crippen molar-refractivity contribution in [1.29, 1.82) is 0 Å². The van der Waals surface area contributed by atoms with Crippen molar-refractivity contribution in [2.75, 3.05) is 27.0 Å². The quantitative estimate of drug-likeness (QED) is 0.191. The molecule has 0 atom stereocenters. The van der Waals surface area contributed by atoms with Crippen LogP contribution in [0.3, 0.4) is 0 Å². The highest BCUT2D eigenvalue weighted by molar-refractivity contribution is 7.93. The van der Waals surface area contributed by atoms with Gasteiger partial charge in [-0.15, -0.1) is 11.3 Å². The van der Waals surface area contributed by atoms with Crippen molar-refractivity contribution in [2.24, 2.45) is 0 Å². The molecule has 6 rings (SSSR count). The number of hydrogen-bond donors (Lipinski definition) is 1. The zero-order valence-electron chi connectivity index (χ0n) is 23.8. The van der Waals surface area contributed by atoms with Crippen molar-refractivity contribution in [3.63, 3.8) is 0 Å². The van der Waals surface area contributed by atoms with Crippen LogP contribution >= 0.6 is 22.9 Å². The number of fused-ring (bicyclic) bond motifs is 2. The molecule has 0 saturated carbocycles. The molecule has 1 aliphatic heterocycles. The minimum Gasteiger partial charge on any atom is -0.321 e. The Balaban J connectivity index is 1.24. The topological polar surface area (TPSA) is 104 Å². The predicted molar refractivity (Wildman–Crippen MR) is 177 cm³/mol. The van der Waals surface area contributed by atoms with Crippen molar-refractivity contribution in [2.45, 2.75) is 30.1 Å². The Morgan fingerprint density at radius 1 is 0.909 bits per heavy atom. The summed E-state index contributed by atoms with van der Waals surface area (Å²) in [6.07, 6.45) is 0.559. The number of thiophene rings is 1. The predicted octanol–water partition coefficient (Wildman–Crippen LogP) is 7.08. The van der Waals surface area contributed by atoms with E-state index >= 15 is 0 Å². The fourth-order valence-corrected chi connectivity index (χ4v) is 9.26. The lowest BCUT2D eigenvalue weighted by Crippen LogP contribution is -2.30. The summed E-state index contributed by atoms with van der Waals surface area (Å²) in [5.41, 5.74) is 3.33. The van der Waals surface area contributed by atoms with Gasteiger partial charge < -0.3 is 5.32 Å². The maximum Gasteiger partial charge on any atom is 0.265 e. The van der Waals surface area contributed by atoms with Crippen LogP contribution in [-0.4, -0.2) is 35.8 Å². The second-order valence-corrected chi connectivity index (χ2v) is 15.6. The maximum absolute atomic E-state index is 13.4. The highest BCUT2D eigenvalue weighted by Gasteiger charge is 2.31. The molecule has 1 amide bonds. The van der Waals surface area contributed by atoms with Gasteiger partial charge in [-0.1, -0.05) is 35.4 Å². The van der Waals surface area contributed by atoms with E-state index in [4.69, 9.17) is 11.6 Å². The molecule has 1 N–H and O–H groups in total. The summed E-state index contributed by atoms with van der Waals surface area (Å²) in [4.78, 5) is 14.1. The van der Waals surface area contributed by atoms with Crippen LogP contribution in [-0.2, 0) is 26.5 Å². The van der Waals surface area contributed by atoms with Gasteiger partial charge in [-0.05, 0) is 104 Å². The van der Waals surface area contributed by atoms with Gasteiger partial charge in [0.2, 0.25) is 0 Å². The van der Waals surface area contributed by atoms with Crippen LogP contribution in [0.25, 0.3) is 10.1 Å². The number of halogens is 1. The Bertz CT molecular complexity index is 2110. The molecule has 0 radical (unpaired) electrons. The molecule has 0 fully saturated rings. The van der Waals surface area contributed by atoms with Crippen molar-refractivity contribution < 1.29 is 21.6 Å². The van der Waals surface area contributed by atoms with E-state index in [0.717, 1.165) is 21.2 Å². The molecule has 0 spiro atoms. The second kappa shape index (κ2) is 11.6. The van der Waals surface area contributed by atoms with Crippen molar-refractivity contribution in [1.82, 2.24) is 0 Å². The number of benzene rings is 4. The first-order chi connectivity index (χ1) is 21.0. The summed E-state index contributed by atoms with van der Waals surface area (Å²) < 4.78 is 57.1. The molecule has 1 aromatic heterocycles. The maximum atomic E-state index is 13.4. The van der Waals surface area contributed by atoms with Crippen molar-refractivity contribution >= 4 is 76.0 Å². The molecule has 5 aromatic rings. The monoisotopic (exact) mass is 665 g/mol. The molecule has 2 heterocycles. The summed E-state index contributed by atoms with van der Waals surface area (Å²) in [7, 11) is -7.59. The van der Waals surface area contributed by atoms with E-state index in [-0.39, 0.29) is 22.2 Å². The van der Waals surface area contributed by atoms with Crippen LogP contribution in [0.4, 0.5) is 17.1 Å². The van der Waals surface area contributed by atoms with Crippen molar-refractivity contribution in [3.05, 3.63) is 112 Å². The van der Waals surface area contributed by atoms with Gasteiger partial charge >= 0.3 is 0 Å². The lowest BCUT2D eigenvalue weighted by molar-refractivity contribution is 0.103. The lowest BCUT2D eigenvalue weighted by Gasteiger charge is -2.23. The minimum absolute atomic E-state index is 0.141. The molecule has 0 unspecified atom stereocenters. The Kier molecular flexibility index (Phi) is 7.91. The molecule has 1 aliphatic rings. The van der Waals surface area contributed by atoms with E-state index in [2.05, 4.69) is 5.32 Å². The molecule has 44 heavy (non-hydrogen) atoms. The number of carbonyl (C=O) groups excluding carboxylic acids is 1. The number of sulfonamides is 2. The highest BCUT2D eigenvalue weighted by atomic mass is 35.5. The number of amides is 1. The number of anilines is 3. The molecule has 0 saturated heterocycles. The fourth-order valence-electron chi connectivity index (χ4n) is 5.23. The molecular weight excluding hydrogens is 638 g/mol. The third-order valence-electron chi connectivity index (χ3n) is 7.51. The number of nitrogens with zero attached hydrogens (tertiary/aromatic N) is 2. The van der Waals surface area contributed by atoms with Crippen LogP contribution in [0.2, 0.25) is 5.02 Å². The fraction of sp³-hybridized carbons (Fsp3) is 0.156. The van der Waals surface area contributed by atoms with Gasteiger partial charge in [0.05, 0.1) is 26.0 Å². The van der Waals surface area contributed by atoms with E-state index in [1.807, 2.05) is 19.1 Å². The summed E-state index contributed by atoms with van der Waals surface area (Å²) in [6.45, 7) is 4.21. The largest absolute Gasteiger partial charge is 0.321 e. The second-order valence-electron chi connectivity index (χ2n) is 10.4. The van der Waals surface area contributed by atoms with Crippen LogP contribution < -0.4 is 13.9 Å². The lowest BCUT2D eigenvalue weighted by atomic mass is 10.1. The standard InChI is InChI=1S/C32H28ClN3O5S3/c1-3-35(43(38,39)27-11-4-21(2)5-12-27)26-10-15-30-23(18-26)19-31(42-30)32(37)34-25-9-6-22-16-17-36(29(22)20-25)44(40,41)28-13-7-24(33)8-14-28/h4-15,18-20H,3,16-17H2,1-2H3,(H,34,37). The first-order valence-corrected chi connectivity index (χ1v) is 17.9. The Hall–Kier alpha value is -3.90. The third kappa shape index (κ3) is 5.56. The summed E-state index contributed by atoms with van der Waals surface area (Å²) in [5, 5.41) is 4.08. The number of aryl methyl sites for hydroxylation is 1. The summed E-state index contributed by atoms with van der Waals surface area (Å²) in [5.74, 6) is -0.350. The van der Waals surface area contributed by atoms with E-state index in [1.165, 1.54) is 32.1 Å². The summed E-state index contributed by atoms with van der Waals surface area (Å²) in [6, 6.07) is 25.1. The van der Waals surface area contributed by atoms with Gasteiger partial charge in [-0.3, -0.25) is 13.4 Å². The van der Waals surface area contributed by atoms with Gasteiger partial charge in [-0.2, -0.15) is 0 Å². The van der Waals surface area contributed by atoms with Gasteiger partial charge in [0, 0.05) is 28.5 Å². The van der Waals surface area contributed by atoms with Crippen LogP contribution in [0, 0.1) is 6.92 Å². The Labute approximate surface area is 265 Å². The van der Waals surface area contributed by atoms with Gasteiger partial charge in [0.25, 0.3) is 26.0 Å². The molecule has 226 valence electrons. The normalized spacial score (nSPS) is 13.2. The number of nitrogens with one attached hydrogen (secondary N) is 1. The van der Waals surface area contributed by atoms with E-state index in [1.54, 1.807) is 73.7 Å². The average Bonchev–Trinajstić information content (AvgIpc) is 3.62. The van der Waals surface area contributed by atoms with E-state index in [9.17, 15) is 21.6 Å². The van der Waals surface area contributed by atoms with Crippen LogP contribution in [0.5, 0.6) is 0 Å². The van der Waals surface area contributed by atoms with Gasteiger partial charge in [0.1, 0.15) is 0 Å². The minimum atomic E-state index is -3.81. The average molecular weight is 666 g/mol. The SMILES string of the molecule is CCN(c1ccc2sc(C(=O)Nc3ccc4c(c3)N(S(=O)(=O)c3ccc(Cl)cc3)CC4)cc2c1)S(=O)(=O)c1ccc(C)cc1. The van der Waals surface area contributed by atoms with Gasteiger partial charge in [0.15, 0.2) is 0 Å². The number of carbonyl (C=O) groups is 1. The van der Waals surface area contributed by atoms with Gasteiger partial charge in [-0.25, -0.2) is 16.8 Å². The Morgan fingerprint density at radius 3 is 2.32 bits per heavy atom. The molecule has 0 bridgehead atoms. The van der Waals surface area contributed by atoms with E-state index in [0.29, 0.717) is 39.9 Å². The summed E-state index contributed by atoms with van der Waals surface area (Å²) >= 11 is 7.24.